The fourth-order valence-corrected chi connectivity index (χ4v) is 6.14. The van der Waals surface area contributed by atoms with E-state index in [2.05, 4.69) is 15.9 Å². The molecule has 0 spiro atoms. The third-order valence-electron chi connectivity index (χ3n) is 5.75. The molecule has 1 heterocycles. The van der Waals surface area contributed by atoms with Crippen LogP contribution in [0.15, 0.2) is 82.2 Å². The van der Waals surface area contributed by atoms with Crippen molar-refractivity contribution in [3.63, 3.8) is 0 Å². The van der Waals surface area contributed by atoms with E-state index >= 15 is 0 Å². The average Bonchev–Trinajstić information content (AvgIpc) is 2.88. The quantitative estimate of drug-likeness (QED) is 0.411. The first-order valence-corrected chi connectivity index (χ1v) is 12.9. The van der Waals surface area contributed by atoms with Crippen LogP contribution in [-0.4, -0.2) is 38.5 Å². The predicted molar refractivity (Wildman–Crippen MR) is 132 cm³/mol. The number of anilines is 2. The van der Waals surface area contributed by atoms with E-state index in [1.807, 2.05) is 72.5 Å². The Morgan fingerprint density at radius 3 is 2.38 bits per heavy atom. The summed E-state index contributed by atoms with van der Waals surface area (Å²) in [4.78, 5) is 2.21. The summed E-state index contributed by atoms with van der Waals surface area (Å²) in [6, 6.07) is 22.4. The first-order chi connectivity index (χ1) is 15.3. The zero-order valence-corrected chi connectivity index (χ0v) is 20.9. The lowest BCUT2D eigenvalue weighted by molar-refractivity contribution is 0.0147. The van der Waals surface area contributed by atoms with Crippen molar-refractivity contribution >= 4 is 48.9 Å². The largest absolute Gasteiger partial charge is 0.372 e. The summed E-state index contributed by atoms with van der Waals surface area (Å²) in [7, 11) is -2.18. The maximum Gasteiger partial charge on any atom is 0.245 e. The highest BCUT2D eigenvalue weighted by atomic mass is 79.9. The summed E-state index contributed by atoms with van der Waals surface area (Å²) in [5.74, 6) is 0. The Balaban J connectivity index is 1.75. The van der Waals surface area contributed by atoms with Gasteiger partial charge in [0, 0.05) is 23.8 Å². The molecule has 4 rings (SSSR count). The Bertz CT molecular complexity index is 1190. The molecule has 0 fully saturated rings. The van der Waals surface area contributed by atoms with Gasteiger partial charge in [-0.2, -0.15) is 4.31 Å². The average molecular weight is 536 g/mol. The van der Waals surface area contributed by atoms with Gasteiger partial charge in [0.25, 0.3) is 0 Å². The van der Waals surface area contributed by atoms with Gasteiger partial charge in [-0.15, -0.1) is 0 Å². The van der Waals surface area contributed by atoms with Gasteiger partial charge in [-0.1, -0.05) is 60.1 Å². The zero-order valence-electron chi connectivity index (χ0n) is 17.8. The number of hydrogen-bond donors (Lipinski definition) is 0. The van der Waals surface area contributed by atoms with Crippen molar-refractivity contribution in [3.8, 4) is 0 Å². The Hall–Kier alpha value is -1.90. The van der Waals surface area contributed by atoms with Crippen molar-refractivity contribution in [2.45, 2.75) is 30.6 Å². The van der Waals surface area contributed by atoms with Crippen LogP contribution in [0, 0.1) is 0 Å². The number of fused-ring (bicyclic) bond motifs is 1. The van der Waals surface area contributed by atoms with Crippen LogP contribution in [-0.2, 0) is 21.4 Å². The van der Waals surface area contributed by atoms with Crippen molar-refractivity contribution < 1.29 is 13.2 Å². The minimum atomic E-state index is -3.79. The van der Waals surface area contributed by atoms with Gasteiger partial charge in [-0.05, 0) is 52.7 Å². The molecule has 1 aliphatic rings. The first kappa shape index (κ1) is 23.3. The van der Waals surface area contributed by atoms with Crippen LogP contribution >= 0.6 is 27.5 Å². The van der Waals surface area contributed by atoms with Gasteiger partial charge in [-0.3, -0.25) is 0 Å². The molecule has 0 radical (unpaired) electrons. The van der Waals surface area contributed by atoms with E-state index < -0.39 is 16.1 Å². The normalized spacial score (nSPS) is 19.2. The van der Waals surface area contributed by atoms with E-state index in [1.54, 1.807) is 19.2 Å². The number of ether oxygens (including phenoxy) is 1. The van der Waals surface area contributed by atoms with Crippen molar-refractivity contribution in [2.75, 3.05) is 18.5 Å². The number of para-hydroxylation sites is 1. The van der Waals surface area contributed by atoms with Gasteiger partial charge < -0.3 is 9.64 Å². The number of nitrogens with zero attached hydrogens (tertiary/aromatic N) is 2. The molecule has 1 aliphatic heterocycles. The van der Waals surface area contributed by atoms with Crippen molar-refractivity contribution in [1.29, 1.82) is 0 Å². The Morgan fingerprint density at radius 1 is 1.09 bits per heavy atom. The molecule has 3 aromatic carbocycles. The summed E-state index contributed by atoms with van der Waals surface area (Å²) in [5.41, 5.74) is 2.48. The molecule has 2 atom stereocenters. The highest BCUT2D eigenvalue weighted by Gasteiger charge is 2.40. The lowest BCUT2D eigenvalue weighted by atomic mass is 10.1. The summed E-state index contributed by atoms with van der Waals surface area (Å²) in [6.07, 6.45) is -0.352. The Morgan fingerprint density at radius 2 is 1.72 bits per heavy atom. The number of benzene rings is 3. The second-order valence-electron chi connectivity index (χ2n) is 7.77. The number of sulfonamides is 1. The maximum atomic E-state index is 13.6. The molecule has 0 N–H and O–H groups in total. The summed E-state index contributed by atoms with van der Waals surface area (Å²) < 4.78 is 35.4. The van der Waals surface area contributed by atoms with Gasteiger partial charge in [0.05, 0.1) is 29.5 Å². The monoisotopic (exact) mass is 534 g/mol. The van der Waals surface area contributed by atoms with E-state index in [0.29, 0.717) is 28.3 Å². The second kappa shape index (κ2) is 9.53. The molecular weight excluding hydrogens is 512 g/mol. The first-order valence-electron chi connectivity index (χ1n) is 10.2. The second-order valence-corrected chi connectivity index (χ2v) is 11.0. The molecule has 5 nitrogen and oxygen atoms in total. The smallest absolute Gasteiger partial charge is 0.245 e. The van der Waals surface area contributed by atoms with Crippen LogP contribution in [0.2, 0.25) is 5.02 Å². The molecule has 168 valence electrons. The lowest BCUT2D eigenvalue weighted by Gasteiger charge is -2.33. The van der Waals surface area contributed by atoms with E-state index in [-0.39, 0.29) is 11.0 Å². The van der Waals surface area contributed by atoms with Crippen LogP contribution in [0.1, 0.15) is 12.5 Å². The zero-order chi connectivity index (χ0) is 22.9. The molecule has 0 aliphatic carbocycles. The van der Waals surface area contributed by atoms with Gasteiger partial charge in [-0.25, -0.2) is 8.42 Å². The van der Waals surface area contributed by atoms with Crippen molar-refractivity contribution in [1.82, 2.24) is 4.31 Å². The third-order valence-corrected chi connectivity index (χ3v) is 8.86. The standard InChI is InChI=1S/C24H24BrClN2O3S/c1-17(31-16-18-9-5-3-6-10-18)23-15-28(19-11-7-4-8-12-19)22-14-21(26)20(25)13-24(22)32(29,30)27(23)2/h3-14,17,23H,15-16H2,1-2H3/t17-,23?/m0/s1. The number of hydrogen-bond acceptors (Lipinski definition) is 4. The topological polar surface area (TPSA) is 49.9 Å². The minimum Gasteiger partial charge on any atom is -0.372 e. The van der Waals surface area contributed by atoms with Crippen LogP contribution < -0.4 is 4.90 Å². The van der Waals surface area contributed by atoms with E-state index in [1.165, 1.54) is 4.31 Å². The van der Waals surface area contributed by atoms with Crippen LogP contribution in [0.25, 0.3) is 0 Å². The number of rotatable bonds is 5. The van der Waals surface area contributed by atoms with E-state index in [4.69, 9.17) is 16.3 Å². The summed E-state index contributed by atoms with van der Waals surface area (Å²) >= 11 is 9.78. The minimum absolute atomic E-state index is 0.206. The molecule has 0 saturated carbocycles. The predicted octanol–water partition coefficient (Wildman–Crippen LogP) is 5.85. The van der Waals surface area contributed by atoms with Gasteiger partial charge in [0.1, 0.15) is 4.90 Å². The van der Waals surface area contributed by atoms with Gasteiger partial charge >= 0.3 is 0 Å². The van der Waals surface area contributed by atoms with Crippen LogP contribution in [0.3, 0.4) is 0 Å². The van der Waals surface area contributed by atoms with Crippen LogP contribution in [0.4, 0.5) is 11.4 Å². The Labute approximate surface area is 202 Å². The van der Waals surface area contributed by atoms with E-state index in [9.17, 15) is 8.42 Å². The van der Waals surface area contributed by atoms with Crippen molar-refractivity contribution in [2.24, 2.45) is 0 Å². The SMILES string of the molecule is C[C@H](OCc1ccccc1)C1CN(c2ccccc2)c2cc(Cl)c(Br)cc2S(=O)(=O)N1C. The summed E-state index contributed by atoms with van der Waals surface area (Å²) in [6.45, 7) is 2.74. The number of likely N-dealkylation sites (N-methyl/N-ethyl adjacent to an activating group) is 1. The highest BCUT2D eigenvalue weighted by molar-refractivity contribution is 9.10. The molecule has 0 saturated heterocycles. The molecule has 0 amide bonds. The van der Waals surface area contributed by atoms with Crippen molar-refractivity contribution in [3.05, 3.63) is 87.9 Å². The molecule has 32 heavy (non-hydrogen) atoms. The molecule has 0 bridgehead atoms. The third kappa shape index (κ3) is 4.58. The maximum absolute atomic E-state index is 13.6. The summed E-state index contributed by atoms with van der Waals surface area (Å²) in [5, 5.41) is 0.453. The van der Waals surface area contributed by atoms with Gasteiger partial charge in [0.2, 0.25) is 10.0 Å². The number of halogens is 2. The fraction of sp³-hybridized carbons (Fsp3) is 0.250. The molecular formula is C24H24BrClN2O3S. The lowest BCUT2D eigenvalue weighted by Crippen LogP contribution is -2.48. The van der Waals surface area contributed by atoms with E-state index in [0.717, 1.165) is 11.3 Å². The molecule has 1 unspecified atom stereocenters. The highest BCUT2D eigenvalue weighted by Crippen LogP contribution is 2.41. The molecule has 0 aromatic heterocycles. The fourth-order valence-electron chi connectivity index (χ4n) is 3.88. The molecule has 8 heteroatoms. The Kier molecular flexibility index (Phi) is 6.93. The molecule has 3 aromatic rings. The van der Waals surface area contributed by atoms with Gasteiger partial charge in [0.15, 0.2) is 0 Å². The van der Waals surface area contributed by atoms with Crippen LogP contribution in [0.5, 0.6) is 0 Å².